The fraction of sp³-hybridized carbons (Fsp3) is 0.250. The van der Waals surface area contributed by atoms with Gasteiger partial charge in [-0.2, -0.15) is 0 Å². The Bertz CT molecular complexity index is 1370. The van der Waals surface area contributed by atoms with E-state index in [9.17, 15) is 9.90 Å². The third-order valence-corrected chi connectivity index (χ3v) is 5.91. The SMILES string of the molecule is C=C(C)C(=O)OC(COCCCC)COc1ccc(-c2nc(-c3ccccc3)nc(-c3ccccc3)n2)c(O)c1. The predicted octanol–water partition coefficient (Wildman–Crippen LogP) is 6.26. The number of nitrogens with zero attached hydrogens (tertiary/aromatic N) is 3. The Morgan fingerprint density at radius 2 is 1.48 bits per heavy atom. The van der Waals surface area contributed by atoms with Crippen molar-refractivity contribution in [2.45, 2.75) is 32.8 Å². The van der Waals surface area contributed by atoms with Gasteiger partial charge in [0.25, 0.3) is 0 Å². The van der Waals surface area contributed by atoms with Crippen molar-refractivity contribution in [3.05, 3.63) is 91.0 Å². The summed E-state index contributed by atoms with van der Waals surface area (Å²) in [6.07, 6.45) is 1.28. The zero-order valence-corrected chi connectivity index (χ0v) is 22.7. The lowest BCUT2D eigenvalue weighted by Gasteiger charge is -2.19. The molecule has 0 aliphatic carbocycles. The van der Waals surface area contributed by atoms with E-state index in [1.807, 2.05) is 60.7 Å². The maximum atomic E-state index is 12.1. The van der Waals surface area contributed by atoms with Crippen LogP contribution in [0.3, 0.4) is 0 Å². The maximum absolute atomic E-state index is 12.1. The molecule has 0 aliphatic rings. The van der Waals surface area contributed by atoms with E-state index >= 15 is 0 Å². The summed E-state index contributed by atoms with van der Waals surface area (Å²) in [7, 11) is 0. The van der Waals surface area contributed by atoms with Crippen LogP contribution in [0.2, 0.25) is 0 Å². The molecule has 206 valence electrons. The highest BCUT2D eigenvalue weighted by molar-refractivity contribution is 5.87. The van der Waals surface area contributed by atoms with Crippen LogP contribution in [0.4, 0.5) is 0 Å². The Hall–Kier alpha value is -4.56. The van der Waals surface area contributed by atoms with Crippen molar-refractivity contribution in [2.75, 3.05) is 19.8 Å². The number of carbonyl (C=O) groups is 1. The minimum Gasteiger partial charge on any atom is -0.507 e. The first kappa shape index (κ1) is 28.4. The van der Waals surface area contributed by atoms with Crippen molar-refractivity contribution >= 4 is 5.97 Å². The standard InChI is InChI=1S/C32H33N3O5/c1-4-5-18-38-20-26(40-32(37)22(2)3)21-39-25-16-17-27(28(36)19-25)31-34-29(23-12-8-6-9-13-23)33-30(35-31)24-14-10-7-11-15-24/h6-17,19,26,36H,2,4-5,18,20-21H2,1,3H3. The summed E-state index contributed by atoms with van der Waals surface area (Å²) < 4.78 is 17.0. The number of carbonyl (C=O) groups excluding carboxylic acids is 1. The molecule has 0 spiro atoms. The summed E-state index contributed by atoms with van der Waals surface area (Å²) in [4.78, 5) is 26.1. The fourth-order valence-electron chi connectivity index (χ4n) is 3.74. The van der Waals surface area contributed by atoms with Crippen LogP contribution >= 0.6 is 0 Å². The molecule has 0 fully saturated rings. The van der Waals surface area contributed by atoms with Gasteiger partial charge in [-0.3, -0.25) is 0 Å². The zero-order valence-electron chi connectivity index (χ0n) is 22.7. The average molecular weight is 540 g/mol. The number of unbranched alkanes of at least 4 members (excludes halogenated alkanes) is 1. The number of ether oxygens (including phenoxy) is 3. The van der Waals surface area contributed by atoms with E-state index in [1.54, 1.807) is 19.1 Å². The van der Waals surface area contributed by atoms with E-state index in [4.69, 9.17) is 14.2 Å². The molecule has 4 rings (SSSR count). The lowest BCUT2D eigenvalue weighted by Crippen LogP contribution is -2.30. The normalized spacial score (nSPS) is 11.6. The molecule has 0 saturated carbocycles. The van der Waals surface area contributed by atoms with E-state index < -0.39 is 12.1 Å². The lowest BCUT2D eigenvalue weighted by atomic mass is 10.1. The fourth-order valence-corrected chi connectivity index (χ4v) is 3.74. The number of hydrogen-bond donors (Lipinski definition) is 1. The molecular formula is C32H33N3O5. The minimum absolute atomic E-state index is 0.0476. The van der Waals surface area contributed by atoms with Crippen molar-refractivity contribution in [1.82, 2.24) is 15.0 Å². The zero-order chi connectivity index (χ0) is 28.3. The molecule has 1 unspecified atom stereocenters. The van der Waals surface area contributed by atoms with E-state index in [0.717, 1.165) is 24.0 Å². The highest BCUT2D eigenvalue weighted by atomic mass is 16.6. The summed E-state index contributed by atoms with van der Waals surface area (Å²) in [5.41, 5.74) is 2.39. The Morgan fingerprint density at radius 3 is 2.02 bits per heavy atom. The van der Waals surface area contributed by atoms with E-state index in [2.05, 4.69) is 28.5 Å². The Kier molecular flexibility index (Phi) is 9.96. The van der Waals surface area contributed by atoms with Gasteiger partial charge in [-0.25, -0.2) is 19.7 Å². The van der Waals surface area contributed by atoms with E-state index in [0.29, 0.717) is 41.0 Å². The van der Waals surface area contributed by atoms with Crippen LogP contribution in [0.15, 0.2) is 91.0 Å². The molecule has 1 atom stereocenters. The number of esters is 1. The topological polar surface area (TPSA) is 104 Å². The highest BCUT2D eigenvalue weighted by Crippen LogP contribution is 2.32. The molecule has 1 N–H and O–H groups in total. The predicted molar refractivity (Wildman–Crippen MR) is 154 cm³/mol. The van der Waals surface area contributed by atoms with E-state index in [-0.39, 0.29) is 19.0 Å². The van der Waals surface area contributed by atoms with Crippen molar-refractivity contribution in [3.8, 4) is 45.7 Å². The van der Waals surface area contributed by atoms with Crippen LogP contribution in [0.1, 0.15) is 26.7 Å². The van der Waals surface area contributed by atoms with Gasteiger partial charge in [-0.05, 0) is 25.5 Å². The van der Waals surface area contributed by atoms with Crippen LogP contribution in [0.5, 0.6) is 11.5 Å². The first-order valence-corrected chi connectivity index (χ1v) is 13.2. The number of aromatic hydroxyl groups is 1. The third-order valence-electron chi connectivity index (χ3n) is 5.91. The summed E-state index contributed by atoms with van der Waals surface area (Å²) in [5.74, 6) is 1.14. The molecule has 40 heavy (non-hydrogen) atoms. The largest absolute Gasteiger partial charge is 0.507 e. The van der Waals surface area contributed by atoms with Gasteiger partial charge < -0.3 is 19.3 Å². The van der Waals surface area contributed by atoms with Gasteiger partial charge in [-0.1, -0.05) is 80.6 Å². The van der Waals surface area contributed by atoms with Crippen LogP contribution in [-0.4, -0.2) is 52.0 Å². The smallest absolute Gasteiger partial charge is 0.333 e. The first-order valence-electron chi connectivity index (χ1n) is 13.2. The van der Waals surface area contributed by atoms with Crippen LogP contribution in [-0.2, 0) is 14.3 Å². The number of phenols is 1. The average Bonchev–Trinajstić information content (AvgIpc) is 2.98. The molecule has 0 aliphatic heterocycles. The molecule has 3 aromatic carbocycles. The number of aromatic nitrogens is 3. The summed E-state index contributed by atoms with van der Waals surface area (Å²) in [6.45, 7) is 8.10. The highest BCUT2D eigenvalue weighted by Gasteiger charge is 2.18. The molecule has 0 radical (unpaired) electrons. The molecule has 1 heterocycles. The van der Waals surface area contributed by atoms with Crippen LogP contribution in [0.25, 0.3) is 34.2 Å². The van der Waals surface area contributed by atoms with Crippen LogP contribution in [0, 0.1) is 0 Å². The van der Waals surface area contributed by atoms with Gasteiger partial charge in [-0.15, -0.1) is 0 Å². The van der Waals surface area contributed by atoms with Crippen molar-refractivity contribution in [1.29, 1.82) is 0 Å². The quantitative estimate of drug-likeness (QED) is 0.121. The third kappa shape index (κ3) is 7.74. The Morgan fingerprint density at radius 1 is 0.875 bits per heavy atom. The first-order chi connectivity index (χ1) is 19.4. The van der Waals surface area contributed by atoms with Gasteiger partial charge in [0.1, 0.15) is 18.1 Å². The summed E-state index contributed by atoms with van der Waals surface area (Å²) >= 11 is 0. The molecule has 0 amide bonds. The molecular weight excluding hydrogens is 506 g/mol. The summed E-state index contributed by atoms with van der Waals surface area (Å²) in [6, 6.07) is 24.1. The number of phenolic OH excluding ortho intramolecular Hbond substituents is 1. The molecule has 8 nitrogen and oxygen atoms in total. The monoisotopic (exact) mass is 539 g/mol. The van der Waals surface area contributed by atoms with Gasteiger partial charge in [0.15, 0.2) is 23.6 Å². The van der Waals surface area contributed by atoms with Crippen molar-refractivity contribution in [2.24, 2.45) is 0 Å². The molecule has 0 bridgehead atoms. The maximum Gasteiger partial charge on any atom is 0.333 e. The van der Waals surface area contributed by atoms with Gasteiger partial charge in [0, 0.05) is 29.4 Å². The van der Waals surface area contributed by atoms with Gasteiger partial charge in [0.2, 0.25) is 0 Å². The number of benzene rings is 3. The Balaban J connectivity index is 1.57. The molecule has 4 aromatic rings. The molecule has 8 heteroatoms. The minimum atomic E-state index is -0.631. The second-order valence-electron chi connectivity index (χ2n) is 9.26. The molecule has 1 aromatic heterocycles. The lowest BCUT2D eigenvalue weighted by molar-refractivity contribution is -0.149. The second kappa shape index (κ2) is 14.0. The van der Waals surface area contributed by atoms with Crippen molar-refractivity contribution in [3.63, 3.8) is 0 Å². The Labute approximate surface area is 234 Å². The van der Waals surface area contributed by atoms with E-state index in [1.165, 1.54) is 6.07 Å². The number of rotatable bonds is 13. The molecule has 0 saturated heterocycles. The van der Waals surface area contributed by atoms with Crippen molar-refractivity contribution < 1.29 is 24.1 Å². The second-order valence-corrected chi connectivity index (χ2v) is 9.26. The van der Waals surface area contributed by atoms with Gasteiger partial charge >= 0.3 is 5.97 Å². The van der Waals surface area contributed by atoms with Gasteiger partial charge in [0.05, 0.1) is 12.2 Å². The number of hydrogen-bond acceptors (Lipinski definition) is 8. The van der Waals surface area contributed by atoms with Crippen LogP contribution < -0.4 is 4.74 Å². The summed E-state index contributed by atoms with van der Waals surface area (Å²) in [5, 5.41) is 10.9.